The fraction of sp³-hybridized carbons (Fsp3) is 0.967. The average Bonchev–Trinajstić information content (AvgIpc) is 3.62. The van der Waals surface area contributed by atoms with E-state index < -0.39 is 5.60 Å². The van der Waals surface area contributed by atoms with Gasteiger partial charge in [-0.05, 0) is 123 Å². The zero-order valence-electron chi connectivity index (χ0n) is 21.0. The van der Waals surface area contributed by atoms with Crippen molar-refractivity contribution in [2.24, 2.45) is 71.0 Å². The predicted molar refractivity (Wildman–Crippen MR) is 128 cm³/mol. The molecule has 7 aliphatic rings. The van der Waals surface area contributed by atoms with Crippen LogP contribution in [0.3, 0.4) is 0 Å². The molecule has 0 aromatic rings. The molecule has 0 aromatic heterocycles. The Morgan fingerprint density at radius 3 is 2.33 bits per heavy atom. The molecule has 13 unspecified atom stereocenters. The van der Waals surface area contributed by atoms with Crippen LogP contribution in [0.1, 0.15) is 97.3 Å². The van der Waals surface area contributed by atoms with Crippen molar-refractivity contribution in [3.05, 3.63) is 0 Å². The summed E-state index contributed by atoms with van der Waals surface area (Å²) in [6, 6.07) is 0. The van der Waals surface area contributed by atoms with Gasteiger partial charge in [0, 0.05) is 5.92 Å². The Labute approximate surface area is 200 Å². The van der Waals surface area contributed by atoms with E-state index in [2.05, 4.69) is 13.8 Å². The van der Waals surface area contributed by atoms with Crippen LogP contribution >= 0.6 is 0 Å². The van der Waals surface area contributed by atoms with Crippen molar-refractivity contribution in [3.63, 3.8) is 0 Å². The van der Waals surface area contributed by atoms with Gasteiger partial charge in [0.05, 0.1) is 11.5 Å². The summed E-state index contributed by atoms with van der Waals surface area (Å²) in [7, 11) is 0. The largest absolute Gasteiger partial charge is 0.462 e. The first kappa shape index (κ1) is 21.7. The molecule has 33 heavy (non-hydrogen) atoms. The van der Waals surface area contributed by atoms with Gasteiger partial charge >= 0.3 is 5.97 Å². The third kappa shape index (κ3) is 2.99. The molecule has 6 aliphatic carbocycles. The number of esters is 1. The molecule has 13 atom stereocenters. The number of carbonyl (C=O) groups excluding carboxylic acids is 1. The Kier molecular flexibility index (Phi) is 5.07. The van der Waals surface area contributed by atoms with Crippen LogP contribution in [-0.2, 0) is 9.53 Å². The van der Waals surface area contributed by atoms with E-state index in [1.54, 1.807) is 0 Å². The molecular weight excluding hydrogens is 408 g/mol. The van der Waals surface area contributed by atoms with Gasteiger partial charge in [-0.3, -0.25) is 4.79 Å². The van der Waals surface area contributed by atoms with E-state index in [4.69, 9.17) is 4.74 Å². The highest BCUT2D eigenvalue weighted by molar-refractivity contribution is 5.77. The van der Waals surface area contributed by atoms with Gasteiger partial charge in [-0.2, -0.15) is 0 Å². The second-order valence-corrected chi connectivity index (χ2v) is 14.0. The van der Waals surface area contributed by atoms with Crippen LogP contribution in [0.5, 0.6) is 0 Å². The predicted octanol–water partition coefficient (Wildman–Crippen LogP) is 6.23. The van der Waals surface area contributed by atoms with E-state index in [-0.39, 0.29) is 23.9 Å². The normalized spacial score (nSPS) is 54.5. The molecule has 3 nitrogen and oxygen atoms in total. The lowest BCUT2D eigenvalue weighted by Gasteiger charge is -2.45. The summed E-state index contributed by atoms with van der Waals surface area (Å²) in [5.41, 5.74) is -0.817. The van der Waals surface area contributed by atoms with E-state index in [0.717, 1.165) is 91.8 Å². The number of aliphatic hydroxyl groups is 1. The number of hydrogen-bond donors (Lipinski definition) is 1. The number of carbonyl (C=O) groups is 1. The minimum Gasteiger partial charge on any atom is -0.462 e. The van der Waals surface area contributed by atoms with Crippen LogP contribution in [0.25, 0.3) is 0 Å². The van der Waals surface area contributed by atoms with Gasteiger partial charge in [-0.25, -0.2) is 0 Å². The maximum atomic E-state index is 13.2. The Morgan fingerprint density at radius 1 is 0.848 bits per heavy atom. The highest BCUT2D eigenvalue weighted by atomic mass is 16.6. The van der Waals surface area contributed by atoms with Gasteiger partial charge in [-0.15, -0.1) is 0 Å². The monoisotopic (exact) mass is 454 g/mol. The maximum Gasteiger partial charge on any atom is 0.312 e. The number of fused-ring (bicyclic) bond motifs is 10. The lowest BCUT2D eigenvalue weighted by Crippen LogP contribution is -2.50. The van der Waals surface area contributed by atoms with Crippen LogP contribution in [0.15, 0.2) is 0 Å². The van der Waals surface area contributed by atoms with Crippen molar-refractivity contribution in [1.29, 1.82) is 0 Å². The Balaban J connectivity index is 1.11. The van der Waals surface area contributed by atoms with Crippen molar-refractivity contribution < 1.29 is 14.6 Å². The third-order valence-electron chi connectivity index (χ3n) is 13.2. The highest BCUT2D eigenvalue weighted by Gasteiger charge is 2.66. The molecule has 0 spiro atoms. The van der Waals surface area contributed by atoms with Gasteiger partial charge in [-0.1, -0.05) is 33.1 Å². The maximum absolute atomic E-state index is 13.2. The lowest BCUT2D eigenvalue weighted by atomic mass is 9.60. The van der Waals surface area contributed by atoms with Gasteiger partial charge in [0.2, 0.25) is 0 Å². The SMILES string of the molecule is CC1C(C)C2CC1C1C3CC(CCC(O)(C4CCCC4)C4C(=O)OC5CCCCC54)C(C3)C21. The van der Waals surface area contributed by atoms with E-state index >= 15 is 0 Å². The first-order chi connectivity index (χ1) is 16.0. The topological polar surface area (TPSA) is 46.5 Å². The molecule has 4 bridgehead atoms. The van der Waals surface area contributed by atoms with Crippen molar-refractivity contribution in [1.82, 2.24) is 0 Å². The van der Waals surface area contributed by atoms with Crippen LogP contribution in [0.4, 0.5) is 0 Å². The summed E-state index contributed by atoms with van der Waals surface area (Å²) in [5, 5.41) is 12.4. The zero-order chi connectivity index (χ0) is 22.5. The van der Waals surface area contributed by atoms with Crippen LogP contribution in [0, 0.1) is 71.0 Å². The van der Waals surface area contributed by atoms with Gasteiger partial charge in [0.15, 0.2) is 0 Å². The van der Waals surface area contributed by atoms with Crippen molar-refractivity contribution in [3.8, 4) is 0 Å². The third-order valence-corrected chi connectivity index (χ3v) is 13.2. The lowest BCUT2D eigenvalue weighted by molar-refractivity contribution is -0.156. The minimum absolute atomic E-state index is 0.0507. The molecular formula is C30H46O3. The Hall–Kier alpha value is -0.570. The van der Waals surface area contributed by atoms with Gasteiger partial charge in [0.25, 0.3) is 0 Å². The van der Waals surface area contributed by atoms with E-state index in [1.165, 1.54) is 44.9 Å². The first-order valence-electron chi connectivity index (χ1n) is 14.9. The zero-order valence-corrected chi connectivity index (χ0v) is 21.0. The van der Waals surface area contributed by atoms with Crippen molar-refractivity contribution in [2.75, 3.05) is 0 Å². The minimum atomic E-state index is -0.817. The standard InChI is InChI=1S/C30H46O3/c1-16-17(2)23-15-22(16)26-19-13-18(24(14-19)27(23)26)11-12-30(32,20-7-3-4-8-20)28-21-9-5-6-10-25(21)33-29(28)31/h16-28,32H,3-15H2,1-2H3. The molecule has 184 valence electrons. The van der Waals surface area contributed by atoms with E-state index in [9.17, 15) is 9.90 Å². The number of ether oxygens (including phenoxy) is 1. The van der Waals surface area contributed by atoms with Crippen molar-refractivity contribution in [2.45, 2.75) is 109 Å². The molecule has 7 rings (SSSR count). The van der Waals surface area contributed by atoms with E-state index in [0.29, 0.717) is 5.92 Å². The Bertz CT molecular complexity index is 787. The summed E-state index contributed by atoms with van der Waals surface area (Å²) in [5.74, 6) is 8.84. The van der Waals surface area contributed by atoms with Crippen LogP contribution in [-0.4, -0.2) is 22.8 Å². The average molecular weight is 455 g/mol. The first-order valence-corrected chi connectivity index (χ1v) is 14.9. The molecule has 3 heteroatoms. The van der Waals surface area contributed by atoms with Crippen LogP contribution < -0.4 is 0 Å². The second kappa shape index (κ2) is 7.71. The second-order valence-electron chi connectivity index (χ2n) is 14.0. The molecule has 7 fully saturated rings. The van der Waals surface area contributed by atoms with Gasteiger partial charge in [0.1, 0.15) is 6.10 Å². The molecule has 0 aromatic carbocycles. The molecule has 0 radical (unpaired) electrons. The fourth-order valence-corrected chi connectivity index (χ4v) is 11.8. The van der Waals surface area contributed by atoms with Crippen molar-refractivity contribution >= 4 is 5.97 Å². The Morgan fingerprint density at radius 2 is 1.55 bits per heavy atom. The molecule has 0 amide bonds. The molecule has 1 aliphatic heterocycles. The fourth-order valence-electron chi connectivity index (χ4n) is 11.8. The summed E-state index contributed by atoms with van der Waals surface area (Å²) in [4.78, 5) is 13.2. The smallest absolute Gasteiger partial charge is 0.312 e. The van der Waals surface area contributed by atoms with Crippen LogP contribution in [0.2, 0.25) is 0 Å². The summed E-state index contributed by atoms with van der Waals surface area (Å²) in [6.07, 6.45) is 15.6. The number of hydrogen-bond acceptors (Lipinski definition) is 3. The molecule has 1 N–H and O–H groups in total. The van der Waals surface area contributed by atoms with Gasteiger partial charge < -0.3 is 9.84 Å². The van der Waals surface area contributed by atoms with E-state index in [1.807, 2.05) is 0 Å². The number of rotatable bonds is 5. The summed E-state index contributed by atoms with van der Waals surface area (Å²) < 4.78 is 5.92. The highest BCUT2D eigenvalue weighted by Crippen LogP contribution is 2.72. The summed E-state index contributed by atoms with van der Waals surface area (Å²) >= 11 is 0. The molecule has 6 saturated carbocycles. The summed E-state index contributed by atoms with van der Waals surface area (Å²) in [6.45, 7) is 5.08. The quantitative estimate of drug-likeness (QED) is 0.396. The molecule has 1 heterocycles. The molecule has 1 saturated heterocycles.